The van der Waals surface area contributed by atoms with Gasteiger partial charge in [-0.05, 0) is 39.9 Å². The molecule has 0 unspecified atom stereocenters. The number of benzene rings is 3. The van der Waals surface area contributed by atoms with Gasteiger partial charge < -0.3 is 10.4 Å². The van der Waals surface area contributed by atoms with Crippen LogP contribution in [0, 0.1) is 5.82 Å². The number of nitrogens with one attached hydrogen (secondary N) is 1. The molecular weight excluding hydrogens is 357 g/mol. The van der Waals surface area contributed by atoms with E-state index in [1.807, 2.05) is 48.5 Å². The molecule has 4 rings (SSSR count). The Labute approximate surface area is 161 Å². The predicted octanol–water partition coefficient (Wildman–Crippen LogP) is 3.75. The Hall–Kier alpha value is -3.47. The van der Waals surface area contributed by atoms with E-state index < -0.39 is 23.7 Å². The molecule has 0 aromatic heterocycles. The van der Waals surface area contributed by atoms with E-state index in [9.17, 15) is 19.1 Å². The molecular formula is C23H18FNO3. The van der Waals surface area contributed by atoms with E-state index in [1.54, 1.807) is 6.07 Å². The summed E-state index contributed by atoms with van der Waals surface area (Å²) in [4.78, 5) is 24.8. The van der Waals surface area contributed by atoms with Gasteiger partial charge in [-0.15, -0.1) is 0 Å². The molecule has 0 saturated carbocycles. The molecule has 2 N–H and O–H groups in total. The number of halogens is 1. The van der Waals surface area contributed by atoms with Crippen LogP contribution in [0.4, 0.5) is 4.39 Å². The van der Waals surface area contributed by atoms with Crippen molar-refractivity contribution in [2.75, 3.05) is 0 Å². The van der Waals surface area contributed by atoms with Crippen LogP contribution in [0.2, 0.25) is 0 Å². The molecule has 0 bridgehead atoms. The topological polar surface area (TPSA) is 66.4 Å². The third-order valence-electron chi connectivity index (χ3n) is 5.04. The van der Waals surface area contributed by atoms with Gasteiger partial charge in [0.15, 0.2) is 0 Å². The zero-order valence-electron chi connectivity index (χ0n) is 14.9. The molecule has 0 aliphatic heterocycles. The molecule has 3 aromatic rings. The zero-order chi connectivity index (χ0) is 19.7. The summed E-state index contributed by atoms with van der Waals surface area (Å²) in [5.74, 6) is -2.54. The summed E-state index contributed by atoms with van der Waals surface area (Å²) in [6, 6.07) is 19.9. The highest BCUT2D eigenvalue weighted by atomic mass is 19.1. The van der Waals surface area contributed by atoms with Crippen LogP contribution in [0.1, 0.15) is 22.6 Å². The molecule has 0 heterocycles. The Morgan fingerprint density at radius 2 is 1.54 bits per heavy atom. The average Bonchev–Trinajstić information content (AvgIpc) is 3.02. The second-order valence-electron chi connectivity index (χ2n) is 6.84. The third kappa shape index (κ3) is 3.27. The van der Waals surface area contributed by atoms with E-state index in [0.717, 1.165) is 22.3 Å². The van der Waals surface area contributed by atoms with E-state index in [4.69, 9.17) is 0 Å². The minimum Gasteiger partial charge on any atom is -0.480 e. The zero-order valence-corrected chi connectivity index (χ0v) is 14.9. The van der Waals surface area contributed by atoms with Gasteiger partial charge in [0, 0.05) is 6.42 Å². The first-order valence-corrected chi connectivity index (χ1v) is 9.00. The van der Waals surface area contributed by atoms with Crippen LogP contribution in [0.3, 0.4) is 0 Å². The minimum absolute atomic E-state index is 0.00878. The average molecular weight is 375 g/mol. The maximum Gasteiger partial charge on any atom is 0.326 e. The van der Waals surface area contributed by atoms with E-state index in [2.05, 4.69) is 5.32 Å². The minimum atomic E-state index is -1.16. The third-order valence-corrected chi connectivity index (χ3v) is 5.04. The van der Waals surface area contributed by atoms with E-state index in [0.29, 0.717) is 5.56 Å². The molecule has 1 atom stereocenters. The lowest BCUT2D eigenvalue weighted by Crippen LogP contribution is -2.44. The highest BCUT2D eigenvalue weighted by Gasteiger charge is 2.35. The molecule has 0 saturated heterocycles. The first-order chi connectivity index (χ1) is 13.5. The van der Waals surface area contributed by atoms with E-state index in [-0.39, 0.29) is 12.3 Å². The van der Waals surface area contributed by atoms with Crippen molar-refractivity contribution in [3.63, 3.8) is 0 Å². The monoisotopic (exact) mass is 375 g/mol. The summed E-state index contributed by atoms with van der Waals surface area (Å²) < 4.78 is 13.4. The van der Waals surface area contributed by atoms with Crippen molar-refractivity contribution in [3.05, 3.63) is 95.3 Å². The Bertz CT molecular complexity index is 1020. The Balaban J connectivity index is 1.62. The summed E-state index contributed by atoms with van der Waals surface area (Å²) in [5.41, 5.74) is 4.19. The normalized spacial score (nSPS) is 13.5. The fourth-order valence-electron chi connectivity index (χ4n) is 3.79. The quantitative estimate of drug-likeness (QED) is 0.714. The maximum atomic E-state index is 13.4. The van der Waals surface area contributed by atoms with Gasteiger partial charge in [-0.3, -0.25) is 4.79 Å². The summed E-state index contributed by atoms with van der Waals surface area (Å²) in [7, 11) is 0. The molecule has 4 nitrogen and oxygen atoms in total. The maximum absolute atomic E-state index is 13.4. The largest absolute Gasteiger partial charge is 0.480 e. The number of carboxylic acids is 1. The van der Waals surface area contributed by atoms with Crippen molar-refractivity contribution in [3.8, 4) is 11.1 Å². The fourth-order valence-corrected chi connectivity index (χ4v) is 3.79. The highest BCUT2D eigenvalue weighted by molar-refractivity contribution is 5.97. The van der Waals surface area contributed by atoms with Crippen molar-refractivity contribution >= 4 is 11.9 Å². The number of fused-ring (bicyclic) bond motifs is 3. The number of hydrogen-bond acceptors (Lipinski definition) is 2. The lowest BCUT2D eigenvalue weighted by molar-refractivity contribution is -0.141. The summed E-state index contributed by atoms with van der Waals surface area (Å²) in [5, 5.41) is 12.2. The molecule has 1 aliphatic rings. The molecule has 3 aromatic carbocycles. The van der Waals surface area contributed by atoms with Crippen molar-refractivity contribution in [2.45, 2.75) is 18.4 Å². The lowest BCUT2D eigenvalue weighted by Gasteiger charge is -2.19. The number of amides is 1. The molecule has 0 radical (unpaired) electrons. The van der Waals surface area contributed by atoms with E-state index in [1.165, 1.54) is 18.2 Å². The van der Waals surface area contributed by atoms with Gasteiger partial charge >= 0.3 is 5.97 Å². The smallest absolute Gasteiger partial charge is 0.326 e. The van der Waals surface area contributed by atoms with Gasteiger partial charge in [-0.25, -0.2) is 9.18 Å². The SMILES string of the molecule is O=C(N[C@@H](Cc1cccc(F)c1)C(=O)O)C1c2ccccc2-c2ccccc21. The van der Waals surface area contributed by atoms with E-state index >= 15 is 0 Å². The van der Waals surface area contributed by atoms with Crippen LogP contribution >= 0.6 is 0 Å². The Morgan fingerprint density at radius 3 is 2.11 bits per heavy atom. The Kier molecular flexibility index (Phi) is 4.65. The van der Waals surface area contributed by atoms with Crippen molar-refractivity contribution in [1.82, 2.24) is 5.32 Å². The predicted molar refractivity (Wildman–Crippen MR) is 103 cm³/mol. The number of carboxylic acid groups (broad SMARTS) is 1. The van der Waals surface area contributed by atoms with Crippen LogP contribution in [0.15, 0.2) is 72.8 Å². The van der Waals surface area contributed by atoms with Gasteiger partial charge in [0.1, 0.15) is 11.9 Å². The molecule has 5 heteroatoms. The first kappa shape index (κ1) is 17.9. The van der Waals surface area contributed by atoms with Crippen LogP contribution in [-0.4, -0.2) is 23.0 Å². The van der Waals surface area contributed by atoms with Crippen molar-refractivity contribution < 1.29 is 19.1 Å². The first-order valence-electron chi connectivity index (χ1n) is 9.00. The molecule has 1 amide bonds. The fraction of sp³-hybridized carbons (Fsp3) is 0.130. The summed E-state index contributed by atoms with van der Waals surface area (Å²) in [6.07, 6.45) is 0.00878. The number of carbonyl (C=O) groups is 2. The number of aliphatic carboxylic acids is 1. The Morgan fingerprint density at radius 1 is 0.929 bits per heavy atom. The van der Waals surface area contributed by atoms with Gasteiger partial charge in [0.05, 0.1) is 5.92 Å². The second-order valence-corrected chi connectivity index (χ2v) is 6.84. The number of carbonyl (C=O) groups excluding carboxylic acids is 1. The highest BCUT2D eigenvalue weighted by Crippen LogP contribution is 2.44. The summed E-state index contributed by atoms with van der Waals surface area (Å²) >= 11 is 0. The number of hydrogen-bond donors (Lipinski definition) is 2. The van der Waals surface area contributed by atoms with Gasteiger partial charge in [-0.2, -0.15) is 0 Å². The van der Waals surface area contributed by atoms with Gasteiger partial charge in [-0.1, -0.05) is 60.7 Å². The van der Waals surface area contributed by atoms with Crippen LogP contribution in [0.25, 0.3) is 11.1 Å². The second kappa shape index (κ2) is 7.27. The van der Waals surface area contributed by atoms with Crippen molar-refractivity contribution in [2.24, 2.45) is 0 Å². The molecule has 28 heavy (non-hydrogen) atoms. The summed E-state index contributed by atoms with van der Waals surface area (Å²) in [6.45, 7) is 0. The molecule has 0 fully saturated rings. The van der Waals surface area contributed by atoms with Gasteiger partial charge in [0.2, 0.25) is 5.91 Å². The van der Waals surface area contributed by atoms with Gasteiger partial charge in [0.25, 0.3) is 0 Å². The molecule has 1 aliphatic carbocycles. The number of rotatable bonds is 5. The van der Waals surface area contributed by atoms with Crippen LogP contribution in [0.5, 0.6) is 0 Å². The lowest BCUT2D eigenvalue weighted by atomic mass is 9.95. The molecule has 0 spiro atoms. The van der Waals surface area contributed by atoms with Crippen molar-refractivity contribution in [1.29, 1.82) is 0 Å². The van der Waals surface area contributed by atoms with Crippen LogP contribution < -0.4 is 5.32 Å². The standard InChI is InChI=1S/C23H18FNO3/c24-15-7-5-6-14(12-15)13-20(23(27)28)25-22(26)21-18-10-3-1-8-16(18)17-9-2-4-11-19(17)21/h1-12,20-21H,13H2,(H,25,26)(H,27,28)/t20-/m0/s1. The van der Waals surface area contributed by atoms with Crippen LogP contribution in [-0.2, 0) is 16.0 Å². The molecule has 140 valence electrons.